The van der Waals surface area contributed by atoms with Crippen molar-refractivity contribution in [2.24, 2.45) is 0 Å². The Morgan fingerprint density at radius 1 is 0.625 bits per heavy atom. The largest absolute Gasteiger partial charge is 0.376 e. The molecule has 0 aliphatic heterocycles. The molecule has 1 aliphatic rings. The summed E-state index contributed by atoms with van der Waals surface area (Å²) in [6.45, 7) is 0. The highest BCUT2D eigenvalue weighted by molar-refractivity contribution is 9.10. The van der Waals surface area contributed by atoms with Gasteiger partial charge in [0.05, 0.1) is 0 Å². The fourth-order valence-corrected chi connectivity index (χ4v) is 6.21. The van der Waals surface area contributed by atoms with Crippen molar-refractivity contribution >= 4 is 38.5 Å². The first kappa shape index (κ1) is 19.8. The Morgan fingerprint density at radius 2 is 1.34 bits per heavy atom. The maximum Gasteiger partial charge on any atom is 0.142 e. The van der Waals surface area contributed by atoms with Gasteiger partial charge < -0.3 is 5.11 Å². The Bertz CT molecular complexity index is 1470. The molecule has 0 saturated carbocycles. The van der Waals surface area contributed by atoms with E-state index in [0.29, 0.717) is 0 Å². The van der Waals surface area contributed by atoms with Gasteiger partial charge >= 0.3 is 0 Å². The monoisotopic (exact) mass is 494 g/mol. The van der Waals surface area contributed by atoms with E-state index in [0.717, 1.165) is 52.9 Å². The minimum atomic E-state index is -1.26. The zero-order chi connectivity index (χ0) is 21.7. The van der Waals surface area contributed by atoms with Crippen molar-refractivity contribution in [3.8, 4) is 11.1 Å². The molecule has 1 N–H and O–H groups in total. The van der Waals surface area contributed by atoms with Crippen LogP contribution >= 0.6 is 27.7 Å². The molecule has 1 aliphatic carbocycles. The second-order valence-corrected chi connectivity index (χ2v) is 10.1. The van der Waals surface area contributed by atoms with E-state index in [1.807, 2.05) is 42.5 Å². The van der Waals surface area contributed by atoms with E-state index in [1.165, 1.54) is 0 Å². The number of benzene rings is 5. The van der Waals surface area contributed by atoms with Gasteiger partial charge in [-0.2, -0.15) is 0 Å². The van der Waals surface area contributed by atoms with Crippen LogP contribution in [0.1, 0.15) is 16.7 Å². The normalized spacial score (nSPS) is 16.7. The van der Waals surface area contributed by atoms with Gasteiger partial charge in [-0.15, -0.1) is 0 Å². The highest BCUT2D eigenvalue weighted by Crippen LogP contribution is 2.52. The Hall–Kier alpha value is -2.85. The highest BCUT2D eigenvalue weighted by atomic mass is 79.9. The SMILES string of the molecule is OC1(c2ccccc2Sc2ccccc2)c2ccc(Br)cc2-c2cccc3cccc1c23. The quantitative estimate of drug-likeness (QED) is 0.274. The van der Waals surface area contributed by atoms with Crippen LogP contribution in [0, 0.1) is 0 Å². The van der Waals surface area contributed by atoms with E-state index >= 15 is 0 Å². The molecule has 1 nitrogen and oxygen atoms in total. The molecule has 1 atom stereocenters. The number of rotatable bonds is 3. The molecule has 0 amide bonds. The summed E-state index contributed by atoms with van der Waals surface area (Å²) in [4.78, 5) is 2.19. The molecule has 0 radical (unpaired) electrons. The zero-order valence-electron chi connectivity index (χ0n) is 17.1. The van der Waals surface area contributed by atoms with Crippen molar-refractivity contribution in [2.75, 3.05) is 0 Å². The summed E-state index contributed by atoms with van der Waals surface area (Å²) in [6, 6.07) is 37.3. The van der Waals surface area contributed by atoms with Crippen LogP contribution in [0.25, 0.3) is 21.9 Å². The summed E-state index contributed by atoms with van der Waals surface area (Å²) in [6.07, 6.45) is 0. The van der Waals surface area contributed by atoms with Crippen LogP contribution in [0.2, 0.25) is 0 Å². The topological polar surface area (TPSA) is 20.2 Å². The Labute approximate surface area is 199 Å². The lowest BCUT2D eigenvalue weighted by atomic mass is 9.71. The number of hydrogen-bond acceptors (Lipinski definition) is 2. The van der Waals surface area contributed by atoms with Crippen LogP contribution in [-0.2, 0) is 5.60 Å². The molecule has 0 aromatic heterocycles. The first-order chi connectivity index (χ1) is 15.7. The molecule has 0 bridgehead atoms. The minimum absolute atomic E-state index is 0.902. The summed E-state index contributed by atoms with van der Waals surface area (Å²) < 4.78 is 1.00. The van der Waals surface area contributed by atoms with Crippen molar-refractivity contribution in [1.82, 2.24) is 0 Å². The smallest absolute Gasteiger partial charge is 0.142 e. The van der Waals surface area contributed by atoms with Crippen molar-refractivity contribution in [1.29, 1.82) is 0 Å². The van der Waals surface area contributed by atoms with Gasteiger partial charge in [0.25, 0.3) is 0 Å². The van der Waals surface area contributed by atoms with Gasteiger partial charge in [0.1, 0.15) is 5.60 Å². The lowest BCUT2D eigenvalue weighted by Crippen LogP contribution is -2.32. The van der Waals surface area contributed by atoms with Gasteiger partial charge in [0, 0.05) is 31.0 Å². The van der Waals surface area contributed by atoms with E-state index < -0.39 is 5.60 Å². The Balaban J connectivity index is 1.68. The molecule has 32 heavy (non-hydrogen) atoms. The maximum absolute atomic E-state index is 12.7. The number of halogens is 1. The molecule has 3 heteroatoms. The van der Waals surface area contributed by atoms with E-state index in [1.54, 1.807) is 11.8 Å². The van der Waals surface area contributed by atoms with Gasteiger partial charge in [-0.3, -0.25) is 0 Å². The second kappa shape index (κ2) is 7.63. The highest BCUT2D eigenvalue weighted by Gasteiger charge is 2.42. The van der Waals surface area contributed by atoms with E-state index in [9.17, 15) is 5.11 Å². The van der Waals surface area contributed by atoms with Crippen LogP contribution in [0.5, 0.6) is 0 Å². The number of fused-ring (bicyclic) bond motifs is 2. The maximum atomic E-state index is 12.7. The van der Waals surface area contributed by atoms with E-state index in [4.69, 9.17) is 0 Å². The van der Waals surface area contributed by atoms with Crippen molar-refractivity contribution in [3.05, 3.63) is 130 Å². The molecule has 0 spiro atoms. The Morgan fingerprint density at radius 3 is 2.19 bits per heavy atom. The predicted molar refractivity (Wildman–Crippen MR) is 136 cm³/mol. The minimum Gasteiger partial charge on any atom is -0.376 e. The summed E-state index contributed by atoms with van der Waals surface area (Å²) >= 11 is 5.33. The third kappa shape index (κ3) is 2.96. The lowest BCUT2D eigenvalue weighted by molar-refractivity contribution is 0.124. The summed E-state index contributed by atoms with van der Waals surface area (Å²) in [7, 11) is 0. The van der Waals surface area contributed by atoms with Crippen molar-refractivity contribution in [3.63, 3.8) is 0 Å². The summed E-state index contributed by atoms with van der Waals surface area (Å²) in [5.74, 6) is 0. The molecule has 0 heterocycles. The van der Waals surface area contributed by atoms with Crippen LogP contribution in [0.15, 0.2) is 123 Å². The molecular formula is C29H19BrOS. The molecule has 5 aromatic rings. The average molecular weight is 495 g/mol. The predicted octanol–water partition coefficient (Wildman–Crippen LogP) is 8.02. The Kier molecular flexibility index (Phi) is 4.72. The van der Waals surface area contributed by atoms with Crippen LogP contribution in [0.4, 0.5) is 0 Å². The molecule has 5 aromatic carbocycles. The third-order valence-electron chi connectivity index (χ3n) is 6.20. The average Bonchev–Trinajstić information content (AvgIpc) is 2.83. The number of hydrogen-bond donors (Lipinski definition) is 1. The van der Waals surface area contributed by atoms with Crippen molar-refractivity contribution < 1.29 is 5.11 Å². The van der Waals surface area contributed by atoms with Crippen LogP contribution < -0.4 is 0 Å². The fourth-order valence-electron chi connectivity index (χ4n) is 4.83. The van der Waals surface area contributed by atoms with E-state index in [-0.39, 0.29) is 0 Å². The van der Waals surface area contributed by atoms with Crippen LogP contribution in [-0.4, -0.2) is 5.11 Å². The van der Waals surface area contributed by atoms with Gasteiger partial charge in [-0.1, -0.05) is 107 Å². The molecular weight excluding hydrogens is 476 g/mol. The molecule has 6 rings (SSSR count). The van der Waals surface area contributed by atoms with Crippen molar-refractivity contribution in [2.45, 2.75) is 15.4 Å². The molecule has 0 fully saturated rings. The first-order valence-electron chi connectivity index (χ1n) is 10.5. The van der Waals surface area contributed by atoms with Gasteiger partial charge in [-0.05, 0) is 52.2 Å². The van der Waals surface area contributed by atoms with Gasteiger partial charge in [-0.25, -0.2) is 0 Å². The fraction of sp³-hybridized carbons (Fsp3) is 0.0345. The number of aliphatic hydroxyl groups is 1. The molecule has 154 valence electrons. The van der Waals surface area contributed by atoms with Crippen LogP contribution in [0.3, 0.4) is 0 Å². The summed E-state index contributed by atoms with van der Waals surface area (Å²) in [5, 5.41) is 14.9. The van der Waals surface area contributed by atoms with Gasteiger partial charge in [0.2, 0.25) is 0 Å². The summed E-state index contributed by atoms with van der Waals surface area (Å²) in [5.41, 5.74) is 3.70. The molecule has 0 saturated heterocycles. The first-order valence-corrected chi connectivity index (χ1v) is 12.1. The lowest BCUT2D eigenvalue weighted by Gasteiger charge is -2.38. The molecule has 1 unspecified atom stereocenters. The third-order valence-corrected chi connectivity index (χ3v) is 7.78. The standard InChI is InChI=1S/C29H19BrOS/c30-20-16-17-24-23(18-20)22-12-6-8-19-9-7-14-26(28(19)22)29(24,31)25-13-4-5-15-27(25)32-21-10-2-1-3-11-21/h1-18,31H. The zero-order valence-corrected chi connectivity index (χ0v) is 19.5. The van der Waals surface area contributed by atoms with Gasteiger partial charge in [0.15, 0.2) is 0 Å². The second-order valence-electron chi connectivity index (χ2n) is 8.02. The van der Waals surface area contributed by atoms with E-state index in [2.05, 4.69) is 82.7 Å².